The molecule has 0 fully saturated rings. The molecule has 0 aromatic carbocycles. The van der Waals surface area contributed by atoms with E-state index in [4.69, 9.17) is 16.9 Å². The van der Waals surface area contributed by atoms with Gasteiger partial charge in [-0.1, -0.05) is 0 Å². The molecule has 0 aliphatic rings. The molecule has 0 radical (unpaired) electrons. The number of imidazole rings is 1. The number of nitrogens with one attached hydrogen (secondary N) is 6. The Hall–Kier alpha value is -4.69. The Kier molecular flexibility index (Phi) is 6.41. The van der Waals surface area contributed by atoms with Crippen LogP contribution in [-0.4, -0.2) is 60.0 Å². The Morgan fingerprint density at radius 1 is 1.03 bits per heavy atom. The minimum atomic E-state index is -0.570. The number of nitrogen functional groups attached to an aromatic ring is 1. The fourth-order valence-electron chi connectivity index (χ4n) is 2.91. The van der Waals surface area contributed by atoms with E-state index in [0.29, 0.717) is 11.1 Å². The lowest BCUT2D eigenvalue weighted by atomic mass is 10.2. The molecule has 0 saturated heterocycles. The van der Waals surface area contributed by atoms with Crippen LogP contribution in [0.5, 0.6) is 0 Å². The summed E-state index contributed by atoms with van der Waals surface area (Å²) in [6.45, 7) is 3.41. The molecule has 15 heteroatoms. The zero-order valence-electron chi connectivity index (χ0n) is 18.2. The maximum Gasteiger partial charge on any atom is 0.292 e. The van der Waals surface area contributed by atoms with Crippen LogP contribution >= 0.6 is 0 Å². The summed E-state index contributed by atoms with van der Waals surface area (Å²) in [5, 5.41) is 28.1. The summed E-state index contributed by atoms with van der Waals surface area (Å²) >= 11 is 0. The molecular weight excluding hydrogens is 432 g/mol. The van der Waals surface area contributed by atoms with Gasteiger partial charge >= 0.3 is 0 Å². The maximum absolute atomic E-state index is 12.7. The minimum Gasteiger partial charge on any atom is -0.388 e. The van der Waals surface area contributed by atoms with Crippen LogP contribution in [0, 0.1) is 19.3 Å². The number of aryl methyl sites for hydroxylation is 1. The fraction of sp³-hybridized carbons (Fsp3) is 0.278. The van der Waals surface area contributed by atoms with E-state index in [9.17, 15) is 14.4 Å². The van der Waals surface area contributed by atoms with Crippen molar-refractivity contribution in [1.82, 2.24) is 35.3 Å². The quantitative estimate of drug-likeness (QED) is 0.164. The van der Waals surface area contributed by atoms with Gasteiger partial charge in [-0.15, -0.1) is 0 Å². The highest BCUT2D eigenvalue weighted by Gasteiger charge is 2.22. The molecule has 33 heavy (non-hydrogen) atoms. The number of nitrogens with two attached hydrogens (primary N) is 2. The summed E-state index contributed by atoms with van der Waals surface area (Å²) in [6.07, 6.45) is 1.71. The van der Waals surface area contributed by atoms with Crippen LogP contribution < -0.4 is 27.4 Å². The Balaban J connectivity index is 1.68. The molecule has 3 heterocycles. The Labute approximate surface area is 187 Å². The Bertz CT molecular complexity index is 1230. The molecule has 0 aliphatic carbocycles. The number of rotatable bonds is 8. The van der Waals surface area contributed by atoms with Crippen LogP contribution in [-0.2, 0) is 7.05 Å². The van der Waals surface area contributed by atoms with Crippen molar-refractivity contribution < 1.29 is 14.4 Å². The van der Waals surface area contributed by atoms with E-state index >= 15 is 0 Å². The monoisotopic (exact) mass is 456 g/mol. The number of anilines is 3. The average Bonchev–Trinajstić information content (AvgIpc) is 3.39. The summed E-state index contributed by atoms with van der Waals surface area (Å²) in [5.41, 5.74) is 11.9. The normalized spacial score (nSPS) is 10.6. The number of aromatic nitrogens is 6. The summed E-state index contributed by atoms with van der Waals surface area (Å²) in [6, 6.07) is 0. The summed E-state index contributed by atoms with van der Waals surface area (Å²) < 4.78 is 1.47. The van der Waals surface area contributed by atoms with E-state index in [2.05, 4.69) is 41.3 Å². The molecule has 3 amide bonds. The standard InChI is InChI=1S/C18H24N12O3/c1-7-11(16(31)22-5-4-9(19)20)26-28-13(7)24-17(32)12-8(2)14(29-27-12)25-18(33)15-23-10(21)6-30(15)3/h6H,4-5,21H2,1-3H3,(H3,19,20)(H,22,31)(H2,24,26,28,32)(H2,25,27,29,33). The minimum absolute atomic E-state index is 0.0425. The van der Waals surface area contributed by atoms with Gasteiger partial charge in [-0.3, -0.25) is 30.0 Å². The van der Waals surface area contributed by atoms with Gasteiger partial charge in [0.25, 0.3) is 17.7 Å². The van der Waals surface area contributed by atoms with E-state index in [0.717, 1.165) is 0 Å². The molecule has 3 aromatic rings. The highest BCUT2D eigenvalue weighted by atomic mass is 16.2. The van der Waals surface area contributed by atoms with Crippen molar-refractivity contribution >= 4 is 41.0 Å². The van der Waals surface area contributed by atoms with Gasteiger partial charge < -0.3 is 32.0 Å². The summed E-state index contributed by atoms with van der Waals surface area (Å²) in [5.74, 6) is -1.02. The number of nitrogens with zero attached hydrogens (tertiary/aromatic N) is 4. The SMILES string of the molecule is Cc1c(NC(=O)c2[nH]nc(NC(=O)c3nc(N)cn3C)c2C)n[nH]c1C(=O)NCCC(=N)N. The van der Waals surface area contributed by atoms with Crippen LogP contribution in [0.1, 0.15) is 49.1 Å². The lowest BCUT2D eigenvalue weighted by Crippen LogP contribution is -2.28. The number of amidine groups is 1. The van der Waals surface area contributed by atoms with E-state index in [1.165, 1.54) is 10.8 Å². The molecule has 0 atom stereocenters. The number of hydrogen-bond donors (Lipinski definition) is 8. The van der Waals surface area contributed by atoms with Gasteiger partial charge in [0, 0.05) is 37.3 Å². The van der Waals surface area contributed by atoms with Crippen molar-refractivity contribution in [3.05, 3.63) is 34.5 Å². The molecule has 10 N–H and O–H groups in total. The first-order chi connectivity index (χ1) is 15.6. The number of aromatic amines is 2. The van der Waals surface area contributed by atoms with Crippen LogP contribution in [0.2, 0.25) is 0 Å². The second-order valence-corrected chi connectivity index (χ2v) is 7.18. The molecule has 0 unspecified atom stereocenters. The van der Waals surface area contributed by atoms with Crippen molar-refractivity contribution in [3.8, 4) is 0 Å². The first-order valence-corrected chi connectivity index (χ1v) is 9.71. The van der Waals surface area contributed by atoms with Crippen molar-refractivity contribution in [2.45, 2.75) is 20.3 Å². The predicted octanol–water partition coefficient (Wildman–Crippen LogP) is -0.374. The van der Waals surface area contributed by atoms with Crippen molar-refractivity contribution in [2.24, 2.45) is 12.8 Å². The lowest BCUT2D eigenvalue weighted by Gasteiger charge is -2.05. The summed E-state index contributed by atoms with van der Waals surface area (Å²) in [4.78, 5) is 41.3. The second kappa shape index (κ2) is 9.21. The van der Waals surface area contributed by atoms with Gasteiger partial charge in [0.15, 0.2) is 11.6 Å². The molecule has 174 valence electrons. The number of carbonyl (C=O) groups is 3. The largest absolute Gasteiger partial charge is 0.388 e. The zero-order valence-corrected chi connectivity index (χ0v) is 18.2. The molecule has 3 aromatic heterocycles. The Morgan fingerprint density at radius 3 is 2.09 bits per heavy atom. The molecule has 0 aliphatic heterocycles. The van der Waals surface area contributed by atoms with Gasteiger partial charge in [0.2, 0.25) is 5.82 Å². The predicted molar refractivity (Wildman–Crippen MR) is 119 cm³/mol. The van der Waals surface area contributed by atoms with Crippen molar-refractivity contribution in [3.63, 3.8) is 0 Å². The first kappa shape index (κ1) is 23.0. The highest BCUT2D eigenvalue weighted by Crippen LogP contribution is 2.20. The van der Waals surface area contributed by atoms with Crippen molar-refractivity contribution in [2.75, 3.05) is 22.9 Å². The third kappa shape index (κ3) is 4.97. The van der Waals surface area contributed by atoms with E-state index in [1.807, 2.05) is 0 Å². The van der Waals surface area contributed by atoms with Crippen LogP contribution in [0.25, 0.3) is 0 Å². The van der Waals surface area contributed by atoms with E-state index in [-0.39, 0.29) is 53.5 Å². The Morgan fingerprint density at radius 2 is 1.58 bits per heavy atom. The zero-order chi connectivity index (χ0) is 24.3. The smallest absolute Gasteiger partial charge is 0.292 e. The molecule has 3 rings (SSSR count). The van der Waals surface area contributed by atoms with Crippen LogP contribution in [0.4, 0.5) is 17.5 Å². The topological polar surface area (TPSA) is 238 Å². The maximum atomic E-state index is 12.7. The highest BCUT2D eigenvalue weighted by molar-refractivity contribution is 6.07. The molecule has 0 saturated carbocycles. The second-order valence-electron chi connectivity index (χ2n) is 7.18. The summed E-state index contributed by atoms with van der Waals surface area (Å²) in [7, 11) is 1.62. The van der Waals surface area contributed by atoms with Gasteiger partial charge in [-0.05, 0) is 13.8 Å². The van der Waals surface area contributed by atoms with Gasteiger partial charge in [0.1, 0.15) is 17.2 Å². The van der Waals surface area contributed by atoms with Crippen LogP contribution in [0.3, 0.4) is 0 Å². The number of H-pyrrole nitrogens is 2. The number of hydrogen-bond acceptors (Lipinski definition) is 8. The number of carbonyl (C=O) groups excluding carboxylic acids is 3. The molecule has 15 nitrogen and oxygen atoms in total. The lowest BCUT2D eigenvalue weighted by molar-refractivity contribution is 0.0947. The fourth-order valence-corrected chi connectivity index (χ4v) is 2.91. The first-order valence-electron chi connectivity index (χ1n) is 9.71. The van der Waals surface area contributed by atoms with Gasteiger partial charge in [0.05, 0.1) is 5.84 Å². The van der Waals surface area contributed by atoms with Crippen molar-refractivity contribution in [1.29, 1.82) is 5.41 Å². The molecular formula is C18H24N12O3. The van der Waals surface area contributed by atoms with Crippen LogP contribution in [0.15, 0.2) is 6.20 Å². The third-order valence-corrected chi connectivity index (χ3v) is 4.72. The van der Waals surface area contributed by atoms with Gasteiger partial charge in [-0.2, -0.15) is 10.2 Å². The third-order valence-electron chi connectivity index (χ3n) is 4.72. The average molecular weight is 456 g/mol. The van der Waals surface area contributed by atoms with Gasteiger partial charge in [-0.25, -0.2) is 4.98 Å². The van der Waals surface area contributed by atoms with E-state index < -0.39 is 17.7 Å². The molecule has 0 spiro atoms. The number of amides is 3. The van der Waals surface area contributed by atoms with E-state index in [1.54, 1.807) is 20.9 Å². The molecule has 0 bridgehead atoms.